The zero-order valence-electron chi connectivity index (χ0n) is 25.8. The summed E-state index contributed by atoms with van der Waals surface area (Å²) in [6, 6.07) is 15.1. The van der Waals surface area contributed by atoms with Gasteiger partial charge in [-0.2, -0.15) is 0 Å². The second-order valence-electron chi connectivity index (χ2n) is 12.4. The minimum Gasteiger partial charge on any atom is -0.459 e. The van der Waals surface area contributed by atoms with Crippen molar-refractivity contribution in [3.8, 4) is 0 Å². The Bertz CT molecular complexity index is 1250. The van der Waals surface area contributed by atoms with Gasteiger partial charge in [0.1, 0.15) is 11.6 Å². The molecule has 11 heteroatoms. The van der Waals surface area contributed by atoms with Crippen LogP contribution in [0.2, 0.25) is 0 Å². The van der Waals surface area contributed by atoms with E-state index in [4.69, 9.17) is 19.4 Å². The number of ether oxygens (including phenoxy) is 3. The van der Waals surface area contributed by atoms with Crippen molar-refractivity contribution in [2.24, 2.45) is 0 Å². The van der Waals surface area contributed by atoms with E-state index in [2.05, 4.69) is 10.2 Å². The van der Waals surface area contributed by atoms with E-state index < -0.39 is 17.8 Å². The SMILES string of the molecule is CC(C)(C)OC(=O)C1CCCN1CC1CC(c2ccc(CO)cc2)OC(c2ccc(CNC(=O)CCCC(=O)NO)cc2)O1. The lowest BCUT2D eigenvalue weighted by molar-refractivity contribution is -0.253. The van der Waals surface area contributed by atoms with Crippen molar-refractivity contribution in [1.82, 2.24) is 15.7 Å². The summed E-state index contributed by atoms with van der Waals surface area (Å²) in [6.07, 6.45) is 1.79. The van der Waals surface area contributed by atoms with Gasteiger partial charge in [0.2, 0.25) is 11.8 Å². The standard InChI is InChI=1S/C33H45N3O8/c1-33(2,3)44-31(40)27-6-5-17-36(27)20-26-18-28(24-13-11-23(21-37)12-14-24)43-32(42-26)25-15-9-22(10-16-25)19-34-29(38)7-4-8-30(39)35-41/h9-16,26-28,32,37,41H,4-8,17-21H2,1-3H3,(H,34,38)(H,35,39). The van der Waals surface area contributed by atoms with E-state index in [1.165, 1.54) is 0 Å². The van der Waals surface area contributed by atoms with Crippen LogP contribution in [-0.2, 0) is 41.7 Å². The summed E-state index contributed by atoms with van der Waals surface area (Å²) in [5.74, 6) is -0.896. The lowest BCUT2D eigenvalue weighted by Crippen LogP contribution is -2.45. The highest BCUT2D eigenvalue weighted by atomic mass is 16.7. The summed E-state index contributed by atoms with van der Waals surface area (Å²) >= 11 is 0. The quantitative estimate of drug-likeness (QED) is 0.160. The molecule has 2 aliphatic heterocycles. The fourth-order valence-corrected chi connectivity index (χ4v) is 5.52. The largest absolute Gasteiger partial charge is 0.459 e. The fourth-order valence-electron chi connectivity index (χ4n) is 5.52. The molecule has 0 radical (unpaired) electrons. The van der Waals surface area contributed by atoms with E-state index >= 15 is 0 Å². The maximum Gasteiger partial charge on any atom is 0.323 e. The van der Waals surface area contributed by atoms with E-state index in [0.29, 0.717) is 25.9 Å². The number of esters is 1. The van der Waals surface area contributed by atoms with Crippen molar-refractivity contribution in [2.45, 2.75) is 103 Å². The van der Waals surface area contributed by atoms with Gasteiger partial charge in [0.05, 0.1) is 18.8 Å². The topological polar surface area (TPSA) is 147 Å². The molecule has 2 aromatic rings. The number of amides is 2. The summed E-state index contributed by atoms with van der Waals surface area (Å²) < 4.78 is 18.7. The normalized spacial score (nSPS) is 22.4. The van der Waals surface area contributed by atoms with E-state index in [1.54, 1.807) is 5.48 Å². The Balaban J connectivity index is 1.42. The molecule has 0 aromatic heterocycles. The molecule has 2 heterocycles. The van der Waals surface area contributed by atoms with Crippen LogP contribution in [0.15, 0.2) is 48.5 Å². The monoisotopic (exact) mass is 611 g/mol. The molecule has 2 aromatic carbocycles. The molecule has 4 N–H and O–H groups in total. The molecule has 2 fully saturated rings. The van der Waals surface area contributed by atoms with Gasteiger partial charge in [-0.05, 0) is 63.3 Å². The molecule has 0 bridgehead atoms. The van der Waals surface area contributed by atoms with Crippen LogP contribution < -0.4 is 10.8 Å². The Morgan fingerprint density at radius 2 is 1.61 bits per heavy atom. The first-order valence-corrected chi connectivity index (χ1v) is 15.3. The third-order valence-corrected chi connectivity index (χ3v) is 7.77. The Morgan fingerprint density at radius 3 is 2.27 bits per heavy atom. The number of hydroxylamine groups is 1. The maximum absolute atomic E-state index is 13.0. The molecule has 0 spiro atoms. The minimum absolute atomic E-state index is 0.0329. The molecule has 44 heavy (non-hydrogen) atoms. The third-order valence-electron chi connectivity index (χ3n) is 7.77. The van der Waals surface area contributed by atoms with Gasteiger partial charge >= 0.3 is 5.97 Å². The first-order valence-electron chi connectivity index (χ1n) is 15.3. The Hall–Kier alpha value is -3.35. The predicted molar refractivity (Wildman–Crippen MR) is 161 cm³/mol. The van der Waals surface area contributed by atoms with Crippen LogP contribution >= 0.6 is 0 Å². The summed E-state index contributed by atoms with van der Waals surface area (Å²) in [4.78, 5) is 38.4. The van der Waals surface area contributed by atoms with Crippen molar-refractivity contribution in [1.29, 1.82) is 0 Å². The van der Waals surface area contributed by atoms with Gasteiger partial charge in [-0.15, -0.1) is 0 Å². The number of hydrogen-bond acceptors (Lipinski definition) is 9. The molecule has 4 atom stereocenters. The summed E-state index contributed by atoms with van der Waals surface area (Å²) in [5, 5.41) is 20.9. The van der Waals surface area contributed by atoms with Gasteiger partial charge in [-0.3, -0.25) is 24.5 Å². The van der Waals surface area contributed by atoms with E-state index in [1.807, 2.05) is 69.3 Å². The summed E-state index contributed by atoms with van der Waals surface area (Å²) in [5.41, 5.74) is 4.55. The second-order valence-corrected chi connectivity index (χ2v) is 12.4. The average molecular weight is 612 g/mol. The molecule has 11 nitrogen and oxygen atoms in total. The molecule has 0 aliphatic carbocycles. The number of aliphatic hydroxyl groups excluding tert-OH is 1. The third kappa shape index (κ3) is 9.83. The molecule has 0 saturated carbocycles. The number of hydrogen-bond donors (Lipinski definition) is 4. The Labute approximate surface area is 258 Å². The van der Waals surface area contributed by atoms with Crippen molar-refractivity contribution in [3.63, 3.8) is 0 Å². The number of benzene rings is 2. The van der Waals surface area contributed by atoms with Crippen molar-refractivity contribution in [2.75, 3.05) is 13.1 Å². The summed E-state index contributed by atoms with van der Waals surface area (Å²) in [6.45, 7) is 7.30. The predicted octanol–water partition coefficient (Wildman–Crippen LogP) is 3.82. The van der Waals surface area contributed by atoms with Crippen molar-refractivity contribution in [3.05, 3.63) is 70.8 Å². The van der Waals surface area contributed by atoms with Crippen LogP contribution in [0.1, 0.15) is 93.9 Å². The highest BCUT2D eigenvalue weighted by molar-refractivity contribution is 5.78. The molecular formula is C33H45N3O8. The zero-order chi connectivity index (χ0) is 31.7. The van der Waals surface area contributed by atoms with Gasteiger partial charge in [-0.1, -0.05) is 48.5 Å². The Kier molecular flexibility index (Phi) is 11.9. The number of nitrogens with zero attached hydrogens (tertiary/aromatic N) is 1. The minimum atomic E-state index is -0.639. The molecule has 240 valence electrons. The number of carbonyl (C=O) groups excluding carboxylic acids is 3. The van der Waals surface area contributed by atoms with Crippen LogP contribution in [0.4, 0.5) is 0 Å². The number of carbonyl (C=O) groups is 3. The number of rotatable bonds is 12. The highest BCUT2D eigenvalue weighted by Gasteiger charge is 2.38. The van der Waals surface area contributed by atoms with Crippen LogP contribution in [0, 0.1) is 0 Å². The summed E-state index contributed by atoms with van der Waals surface area (Å²) in [7, 11) is 0. The first-order chi connectivity index (χ1) is 21.0. The zero-order valence-corrected chi connectivity index (χ0v) is 25.8. The van der Waals surface area contributed by atoms with E-state index in [0.717, 1.165) is 41.6 Å². The highest BCUT2D eigenvalue weighted by Crippen LogP contribution is 2.39. The van der Waals surface area contributed by atoms with E-state index in [-0.39, 0.29) is 49.6 Å². The lowest BCUT2D eigenvalue weighted by atomic mass is 9.99. The Morgan fingerprint density at radius 1 is 0.955 bits per heavy atom. The van der Waals surface area contributed by atoms with Gasteiger partial charge in [-0.25, -0.2) is 5.48 Å². The van der Waals surface area contributed by atoms with Crippen LogP contribution in [-0.4, -0.2) is 63.8 Å². The molecule has 4 unspecified atom stereocenters. The van der Waals surface area contributed by atoms with Crippen molar-refractivity contribution < 1.29 is 38.9 Å². The fraction of sp³-hybridized carbons (Fsp3) is 0.545. The number of likely N-dealkylation sites (tertiary alicyclic amines) is 1. The number of nitrogens with one attached hydrogen (secondary N) is 2. The van der Waals surface area contributed by atoms with Crippen LogP contribution in [0.3, 0.4) is 0 Å². The van der Waals surface area contributed by atoms with Gasteiger partial charge < -0.3 is 24.6 Å². The molecular weight excluding hydrogens is 566 g/mol. The average Bonchev–Trinajstić information content (AvgIpc) is 3.47. The van der Waals surface area contributed by atoms with Crippen LogP contribution in [0.25, 0.3) is 0 Å². The van der Waals surface area contributed by atoms with Crippen molar-refractivity contribution >= 4 is 17.8 Å². The smallest absolute Gasteiger partial charge is 0.323 e. The van der Waals surface area contributed by atoms with Gasteiger partial charge in [0.15, 0.2) is 6.29 Å². The maximum atomic E-state index is 13.0. The molecule has 2 amide bonds. The van der Waals surface area contributed by atoms with Gasteiger partial charge in [0, 0.05) is 37.9 Å². The molecule has 2 aliphatic rings. The molecule has 4 rings (SSSR count). The first kappa shape index (κ1) is 33.5. The second kappa shape index (κ2) is 15.6. The van der Waals surface area contributed by atoms with Gasteiger partial charge in [0.25, 0.3) is 0 Å². The van der Waals surface area contributed by atoms with E-state index in [9.17, 15) is 19.5 Å². The van der Waals surface area contributed by atoms with Crippen LogP contribution in [0.5, 0.6) is 0 Å². The lowest BCUT2D eigenvalue weighted by Gasteiger charge is -2.38. The molecule has 2 saturated heterocycles. The number of aliphatic hydroxyl groups is 1.